The van der Waals surface area contributed by atoms with Crippen LogP contribution in [0.5, 0.6) is 0 Å². The molecule has 2 rings (SSSR count). The molecule has 5 nitrogen and oxygen atoms in total. The van der Waals surface area contributed by atoms with Crippen LogP contribution in [-0.2, 0) is 4.74 Å². The molecule has 1 aliphatic rings. The third-order valence-corrected chi connectivity index (χ3v) is 3.15. The molecular weight excluding hydrogens is 230 g/mol. The number of methoxy groups -OCH3 is 1. The highest BCUT2D eigenvalue weighted by molar-refractivity contribution is 5.31. The van der Waals surface area contributed by atoms with E-state index < -0.39 is 0 Å². The summed E-state index contributed by atoms with van der Waals surface area (Å²) >= 11 is 0. The minimum absolute atomic E-state index is 0.306. The largest absolute Gasteiger partial charge is 0.384 e. The normalized spacial score (nSPS) is 16.2. The van der Waals surface area contributed by atoms with E-state index >= 15 is 0 Å². The van der Waals surface area contributed by atoms with Crippen molar-refractivity contribution in [3.05, 3.63) is 17.5 Å². The van der Waals surface area contributed by atoms with E-state index in [9.17, 15) is 0 Å². The molecule has 0 saturated carbocycles. The molecule has 0 saturated heterocycles. The van der Waals surface area contributed by atoms with E-state index in [2.05, 4.69) is 35.0 Å². The van der Waals surface area contributed by atoms with Crippen LogP contribution in [-0.4, -0.2) is 36.9 Å². The van der Waals surface area contributed by atoms with Crippen molar-refractivity contribution >= 4 is 6.01 Å². The van der Waals surface area contributed by atoms with Crippen LogP contribution in [0, 0.1) is 0 Å². The Bertz CT molecular complexity index is 412. The van der Waals surface area contributed by atoms with Crippen LogP contribution in [0.1, 0.15) is 38.4 Å². The highest BCUT2D eigenvalue weighted by atomic mass is 16.5. The first-order valence-electron chi connectivity index (χ1n) is 6.46. The predicted octanol–water partition coefficient (Wildman–Crippen LogP) is 2.37. The first kappa shape index (κ1) is 13.1. The van der Waals surface area contributed by atoms with Gasteiger partial charge in [0.25, 0.3) is 0 Å². The second-order valence-electron chi connectivity index (χ2n) is 4.89. The lowest BCUT2D eigenvalue weighted by atomic mass is 10.1. The van der Waals surface area contributed by atoms with Gasteiger partial charge in [0.2, 0.25) is 0 Å². The molecule has 0 aliphatic carbocycles. The minimum atomic E-state index is 0.306. The predicted molar refractivity (Wildman–Crippen MR) is 69.8 cm³/mol. The van der Waals surface area contributed by atoms with Gasteiger partial charge in [-0.25, -0.2) is 0 Å². The van der Waals surface area contributed by atoms with E-state index in [0.29, 0.717) is 11.9 Å². The van der Waals surface area contributed by atoms with Gasteiger partial charge in [0.05, 0.1) is 0 Å². The summed E-state index contributed by atoms with van der Waals surface area (Å²) in [6.45, 7) is 6.71. The Morgan fingerprint density at radius 1 is 1.50 bits per heavy atom. The first-order valence-corrected chi connectivity index (χ1v) is 6.46. The smallest absolute Gasteiger partial charge is 0.324 e. The summed E-state index contributed by atoms with van der Waals surface area (Å²) in [5, 5.41) is 3.99. The van der Waals surface area contributed by atoms with Gasteiger partial charge in [0, 0.05) is 32.7 Å². The first-order chi connectivity index (χ1) is 8.70. The average molecular weight is 251 g/mol. The van der Waals surface area contributed by atoms with Crippen molar-refractivity contribution in [2.45, 2.75) is 32.6 Å². The number of anilines is 1. The van der Waals surface area contributed by atoms with Gasteiger partial charge in [-0.2, -0.15) is 4.98 Å². The van der Waals surface area contributed by atoms with Gasteiger partial charge in [-0.1, -0.05) is 30.7 Å². The van der Waals surface area contributed by atoms with Crippen molar-refractivity contribution in [3.8, 4) is 0 Å². The van der Waals surface area contributed by atoms with Crippen molar-refractivity contribution < 1.29 is 9.26 Å². The molecule has 0 fully saturated rings. The summed E-state index contributed by atoms with van der Waals surface area (Å²) in [5.74, 6) is 1.08. The lowest BCUT2D eigenvalue weighted by molar-refractivity contribution is 0.201. The Labute approximate surface area is 108 Å². The van der Waals surface area contributed by atoms with Crippen LogP contribution in [0.3, 0.4) is 0 Å². The maximum atomic E-state index is 5.29. The quantitative estimate of drug-likeness (QED) is 0.752. The highest BCUT2D eigenvalue weighted by Gasteiger charge is 2.18. The standard InChI is InChI=1S/C13H21N3O2/c1-10(2)12-14-13(18-15-12)16-7-4-11(5-8-16)6-9-17-3/h4,10H,5-9H2,1-3H3. The van der Waals surface area contributed by atoms with Crippen LogP contribution in [0.4, 0.5) is 6.01 Å². The molecule has 0 aromatic carbocycles. The molecule has 0 spiro atoms. The molecule has 1 aliphatic heterocycles. The lowest BCUT2D eigenvalue weighted by Crippen LogP contribution is -2.29. The number of rotatable bonds is 5. The van der Waals surface area contributed by atoms with E-state index in [1.807, 2.05) is 0 Å². The minimum Gasteiger partial charge on any atom is -0.384 e. The fourth-order valence-electron chi connectivity index (χ4n) is 1.93. The molecule has 0 radical (unpaired) electrons. The molecule has 5 heteroatoms. The molecule has 18 heavy (non-hydrogen) atoms. The fraction of sp³-hybridized carbons (Fsp3) is 0.692. The molecule has 1 aromatic heterocycles. The summed E-state index contributed by atoms with van der Waals surface area (Å²) in [5.41, 5.74) is 1.46. The van der Waals surface area contributed by atoms with Crippen LogP contribution in [0.25, 0.3) is 0 Å². The fourth-order valence-corrected chi connectivity index (χ4v) is 1.93. The molecule has 0 amide bonds. The highest BCUT2D eigenvalue weighted by Crippen LogP contribution is 2.21. The average Bonchev–Trinajstić information content (AvgIpc) is 2.87. The van der Waals surface area contributed by atoms with Crippen molar-refractivity contribution in [1.82, 2.24) is 10.1 Å². The molecule has 0 N–H and O–H groups in total. The lowest BCUT2D eigenvalue weighted by Gasteiger charge is -2.24. The number of hydrogen-bond donors (Lipinski definition) is 0. The molecule has 0 unspecified atom stereocenters. The van der Waals surface area contributed by atoms with Gasteiger partial charge in [0.15, 0.2) is 5.82 Å². The number of hydrogen-bond acceptors (Lipinski definition) is 5. The second kappa shape index (κ2) is 6.00. The molecule has 100 valence electrons. The zero-order valence-corrected chi connectivity index (χ0v) is 11.3. The third-order valence-electron chi connectivity index (χ3n) is 3.15. The maximum Gasteiger partial charge on any atom is 0.324 e. The molecule has 1 aromatic rings. The van der Waals surface area contributed by atoms with Crippen LogP contribution < -0.4 is 4.90 Å². The Morgan fingerprint density at radius 2 is 2.33 bits per heavy atom. The number of nitrogens with zero attached hydrogens (tertiary/aromatic N) is 3. The second-order valence-corrected chi connectivity index (χ2v) is 4.89. The topological polar surface area (TPSA) is 51.4 Å². The Hall–Kier alpha value is -1.36. The van der Waals surface area contributed by atoms with E-state index in [0.717, 1.165) is 38.4 Å². The summed E-state index contributed by atoms with van der Waals surface area (Å²) in [6, 6.07) is 0.640. The van der Waals surface area contributed by atoms with Crippen molar-refractivity contribution in [2.24, 2.45) is 0 Å². The van der Waals surface area contributed by atoms with Gasteiger partial charge < -0.3 is 14.2 Å². The molecular formula is C13H21N3O2. The van der Waals surface area contributed by atoms with Crippen molar-refractivity contribution in [1.29, 1.82) is 0 Å². The van der Waals surface area contributed by atoms with Crippen LogP contribution in [0.2, 0.25) is 0 Å². The monoisotopic (exact) mass is 251 g/mol. The van der Waals surface area contributed by atoms with Crippen molar-refractivity contribution in [2.75, 3.05) is 31.7 Å². The SMILES string of the molecule is COCCC1=CCN(c2nc(C(C)C)no2)CC1. The third kappa shape index (κ3) is 3.10. The number of ether oxygens (including phenoxy) is 1. The van der Waals surface area contributed by atoms with Gasteiger partial charge in [-0.15, -0.1) is 0 Å². The summed E-state index contributed by atoms with van der Waals surface area (Å²) in [6.07, 6.45) is 4.30. The van der Waals surface area contributed by atoms with Crippen molar-refractivity contribution in [3.63, 3.8) is 0 Å². The Morgan fingerprint density at radius 3 is 2.89 bits per heavy atom. The Kier molecular flexibility index (Phi) is 4.36. The summed E-state index contributed by atoms with van der Waals surface area (Å²) in [7, 11) is 1.74. The zero-order chi connectivity index (χ0) is 13.0. The molecule has 2 heterocycles. The Balaban J connectivity index is 1.94. The molecule has 0 atom stereocenters. The van der Waals surface area contributed by atoms with Gasteiger partial charge >= 0.3 is 6.01 Å². The summed E-state index contributed by atoms with van der Waals surface area (Å²) < 4.78 is 10.4. The van der Waals surface area contributed by atoms with Gasteiger partial charge in [0.1, 0.15) is 0 Å². The maximum absolute atomic E-state index is 5.29. The van der Waals surface area contributed by atoms with Crippen LogP contribution in [0.15, 0.2) is 16.2 Å². The van der Waals surface area contributed by atoms with Gasteiger partial charge in [-0.3, -0.25) is 0 Å². The van der Waals surface area contributed by atoms with E-state index in [1.165, 1.54) is 5.57 Å². The van der Waals surface area contributed by atoms with E-state index in [4.69, 9.17) is 9.26 Å². The zero-order valence-electron chi connectivity index (χ0n) is 11.3. The van der Waals surface area contributed by atoms with Gasteiger partial charge in [-0.05, 0) is 12.8 Å². The van der Waals surface area contributed by atoms with Crippen LogP contribution >= 0.6 is 0 Å². The number of aromatic nitrogens is 2. The van der Waals surface area contributed by atoms with E-state index in [-0.39, 0.29) is 0 Å². The van der Waals surface area contributed by atoms with E-state index in [1.54, 1.807) is 7.11 Å². The molecule has 0 bridgehead atoms. The summed E-state index contributed by atoms with van der Waals surface area (Å²) in [4.78, 5) is 6.54.